The molecule has 1 aliphatic carbocycles. The molecule has 1 aromatic carbocycles. The van der Waals surface area contributed by atoms with Crippen molar-refractivity contribution in [3.05, 3.63) is 34.6 Å². The van der Waals surface area contributed by atoms with E-state index in [-0.39, 0.29) is 5.56 Å². The molecule has 1 aromatic heterocycles. The molecule has 1 saturated carbocycles. The molecule has 5 heteroatoms. The minimum atomic E-state index is -0.421. The minimum Gasteiger partial charge on any atom is -0.391 e. The van der Waals surface area contributed by atoms with Gasteiger partial charge in [0.2, 0.25) is 0 Å². The Kier molecular flexibility index (Phi) is 2.75. The van der Waals surface area contributed by atoms with Gasteiger partial charge in [0, 0.05) is 0 Å². The summed E-state index contributed by atoms with van der Waals surface area (Å²) in [5, 5.41) is 0.769. The Labute approximate surface area is 114 Å². The van der Waals surface area contributed by atoms with Gasteiger partial charge in [-0.25, -0.2) is 3.96 Å². The van der Waals surface area contributed by atoms with Crippen LogP contribution in [0.2, 0.25) is 0 Å². The van der Waals surface area contributed by atoms with E-state index in [4.69, 9.17) is 18.0 Å². The van der Waals surface area contributed by atoms with E-state index < -0.39 is 5.54 Å². The van der Waals surface area contributed by atoms with Crippen LogP contribution in [0.3, 0.4) is 0 Å². The van der Waals surface area contributed by atoms with E-state index in [0.717, 1.165) is 35.8 Å². The highest BCUT2D eigenvalue weighted by molar-refractivity contribution is 7.80. The highest BCUT2D eigenvalue weighted by Gasteiger charge is 2.40. The topological polar surface area (TPSA) is 48.0 Å². The van der Waals surface area contributed by atoms with Crippen molar-refractivity contribution in [1.82, 2.24) is 3.96 Å². The van der Waals surface area contributed by atoms with Gasteiger partial charge in [-0.05, 0) is 25.0 Å². The second-order valence-corrected chi connectivity index (χ2v) is 6.22. The first-order chi connectivity index (χ1) is 8.65. The maximum absolute atomic E-state index is 12.5. The normalized spacial score (nSPS) is 18.2. The van der Waals surface area contributed by atoms with Crippen molar-refractivity contribution in [1.29, 1.82) is 0 Å². The van der Waals surface area contributed by atoms with Crippen LogP contribution >= 0.6 is 23.8 Å². The van der Waals surface area contributed by atoms with Crippen molar-refractivity contribution >= 4 is 38.8 Å². The molecule has 2 aromatic rings. The zero-order chi connectivity index (χ0) is 12.8. The van der Waals surface area contributed by atoms with Crippen LogP contribution in [0.25, 0.3) is 10.1 Å². The lowest BCUT2D eigenvalue weighted by molar-refractivity contribution is 0.441. The summed E-state index contributed by atoms with van der Waals surface area (Å²) in [5.74, 6) is 0. The Morgan fingerprint density at radius 2 is 2.00 bits per heavy atom. The molecule has 0 aliphatic heterocycles. The van der Waals surface area contributed by atoms with E-state index in [1.807, 2.05) is 28.2 Å². The van der Waals surface area contributed by atoms with Gasteiger partial charge in [-0.3, -0.25) is 4.79 Å². The standard InChI is InChI=1S/C13H14N2OS2/c14-12(17)13(7-3-4-8-13)15-11(16)9-5-1-2-6-10(9)18-15/h1-2,5-6H,3-4,7-8H2,(H2,14,17). The van der Waals surface area contributed by atoms with Crippen LogP contribution in [0, 0.1) is 0 Å². The lowest BCUT2D eigenvalue weighted by Gasteiger charge is -2.27. The first-order valence-electron chi connectivity index (χ1n) is 6.07. The number of hydrogen-bond acceptors (Lipinski definition) is 3. The molecular formula is C13H14N2OS2. The third-order valence-electron chi connectivity index (χ3n) is 3.77. The summed E-state index contributed by atoms with van der Waals surface area (Å²) in [6.45, 7) is 0. The maximum atomic E-state index is 12.5. The van der Waals surface area contributed by atoms with E-state index in [1.54, 1.807) is 0 Å². The lowest BCUT2D eigenvalue weighted by Crippen LogP contribution is -2.45. The van der Waals surface area contributed by atoms with Gasteiger partial charge in [0.05, 0.1) is 10.1 Å². The van der Waals surface area contributed by atoms with E-state index >= 15 is 0 Å². The number of rotatable bonds is 2. The Morgan fingerprint density at radius 1 is 1.33 bits per heavy atom. The highest BCUT2D eigenvalue weighted by Crippen LogP contribution is 2.38. The van der Waals surface area contributed by atoms with Crippen LogP contribution in [0.1, 0.15) is 25.7 Å². The van der Waals surface area contributed by atoms with Crippen molar-refractivity contribution in [2.75, 3.05) is 0 Å². The molecule has 1 heterocycles. The molecule has 0 radical (unpaired) electrons. The quantitative estimate of drug-likeness (QED) is 0.859. The monoisotopic (exact) mass is 278 g/mol. The van der Waals surface area contributed by atoms with Gasteiger partial charge in [0.1, 0.15) is 10.5 Å². The van der Waals surface area contributed by atoms with Crippen molar-refractivity contribution in [2.45, 2.75) is 31.2 Å². The smallest absolute Gasteiger partial charge is 0.269 e. The van der Waals surface area contributed by atoms with E-state index in [2.05, 4.69) is 0 Å². The van der Waals surface area contributed by atoms with Crippen molar-refractivity contribution in [3.63, 3.8) is 0 Å². The fraction of sp³-hybridized carbons (Fsp3) is 0.385. The van der Waals surface area contributed by atoms with Crippen LogP contribution in [0.15, 0.2) is 29.1 Å². The summed E-state index contributed by atoms with van der Waals surface area (Å²) in [6.07, 6.45) is 3.93. The van der Waals surface area contributed by atoms with Gasteiger partial charge in [-0.1, -0.05) is 48.7 Å². The molecule has 0 spiro atoms. The fourth-order valence-corrected chi connectivity index (χ4v) is 4.34. The number of nitrogens with zero attached hydrogens (tertiary/aromatic N) is 1. The minimum absolute atomic E-state index is 0.0466. The second-order valence-electron chi connectivity index (χ2n) is 4.79. The Bertz CT molecular complexity index is 665. The fourth-order valence-electron chi connectivity index (χ4n) is 2.76. The molecule has 3 nitrogen and oxygen atoms in total. The Balaban J connectivity index is 2.28. The first-order valence-corrected chi connectivity index (χ1v) is 7.25. The van der Waals surface area contributed by atoms with E-state index in [9.17, 15) is 4.79 Å². The number of nitrogens with two attached hydrogens (primary N) is 1. The van der Waals surface area contributed by atoms with Gasteiger partial charge < -0.3 is 5.73 Å². The molecule has 0 atom stereocenters. The molecule has 0 saturated heterocycles. The largest absolute Gasteiger partial charge is 0.391 e. The van der Waals surface area contributed by atoms with Crippen LogP contribution in [0.4, 0.5) is 0 Å². The molecule has 18 heavy (non-hydrogen) atoms. The number of thiocarbonyl (C=S) groups is 1. The molecule has 1 aliphatic rings. The second kappa shape index (κ2) is 4.17. The molecule has 0 unspecified atom stereocenters. The summed E-state index contributed by atoms with van der Waals surface area (Å²) in [5.41, 5.74) is 5.56. The van der Waals surface area contributed by atoms with E-state index in [1.165, 1.54) is 11.5 Å². The SMILES string of the molecule is NC(=S)C1(n2sc3ccccc3c2=O)CCCC1. The van der Waals surface area contributed by atoms with Crippen LogP contribution < -0.4 is 11.3 Å². The van der Waals surface area contributed by atoms with Crippen molar-refractivity contribution in [3.8, 4) is 0 Å². The van der Waals surface area contributed by atoms with Crippen molar-refractivity contribution in [2.24, 2.45) is 5.73 Å². The summed E-state index contributed by atoms with van der Waals surface area (Å²) in [6, 6.07) is 7.68. The lowest BCUT2D eigenvalue weighted by atomic mass is 9.98. The molecule has 0 bridgehead atoms. The average molecular weight is 278 g/mol. The Hall–Kier alpha value is -1.20. The molecule has 0 amide bonds. The summed E-state index contributed by atoms with van der Waals surface area (Å²) in [4.78, 5) is 12.9. The zero-order valence-electron chi connectivity index (χ0n) is 9.89. The van der Waals surface area contributed by atoms with E-state index in [0.29, 0.717) is 4.99 Å². The van der Waals surface area contributed by atoms with Gasteiger partial charge >= 0.3 is 0 Å². The molecular weight excluding hydrogens is 264 g/mol. The number of fused-ring (bicyclic) bond motifs is 1. The van der Waals surface area contributed by atoms with Crippen LogP contribution in [-0.2, 0) is 5.54 Å². The van der Waals surface area contributed by atoms with Crippen LogP contribution in [-0.4, -0.2) is 8.95 Å². The zero-order valence-corrected chi connectivity index (χ0v) is 11.5. The molecule has 1 fully saturated rings. The maximum Gasteiger partial charge on any atom is 0.269 e. The Morgan fingerprint density at radius 3 is 2.61 bits per heavy atom. The number of aromatic nitrogens is 1. The average Bonchev–Trinajstić information content (AvgIpc) is 2.96. The third kappa shape index (κ3) is 1.54. The van der Waals surface area contributed by atoms with Crippen molar-refractivity contribution < 1.29 is 0 Å². The number of hydrogen-bond donors (Lipinski definition) is 1. The molecule has 3 rings (SSSR count). The van der Waals surface area contributed by atoms with Gasteiger partial charge in [0.15, 0.2) is 0 Å². The van der Waals surface area contributed by atoms with Gasteiger partial charge in [-0.15, -0.1) is 0 Å². The van der Waals surface area contributed by atoms with Gasteiger partial charge in [-0.2, -0.15) is 0 Å². The summed E-state index contributed by atoms with van der Waals surface area (Å²) >= 11 is 6.72. The third-order valence-corrected chi connectivity index (χ3v) is 5.40. The predicted octanol–water partition coefficient (Wildman–Crippen LogP) is 2.62. The summed E-state index contributed by atoms with van der Waals surface area (Å²) in [7, 11) is 0. The number of benzene rings is 1. The molecule has 94 valence electrons. The molecule has 2 N–H and O–H groups in total. The predicted molar refractivity (Wildman–Crippen MR) is 79.3 cm³/mol. The summed E-state index contributed by atoms with van der Waals surface area (Å²) < 4.78 is 2.82. The van der Waals surface area contributed by atoms with Gasteiger partial charge in [0.25, 0.3) is 5.56 Å². The van der Waals surface area contributed by atoms with Crippen LogP contribution in [0.5, 0.6) is 0 Å². The first kappa shape index (κ1) is 11.9. The highest BCUT2D eigenvalue weighted by atomic mass is 32.1.